The van der Waals surface area contributed by atoms with Crippen LogP contribution in [0.25, 0.3) is 0 Å². The monoisotopic (exact) mass is 219 g/mol. The second kappa shape index (κ2) is 4.12. The second-order valence-corrected chi connectivity index (χ2v) is 4.50. The SMILES string of the molecule is CCC1(CNc2ccc(C(N)=O)cn2)CC1. The Kier molecular flexibility index (Phi) is 2.81. The van der Waals surface area contributed by atoms with Gasteiger partial charge in [-0.2, -0.15) is 0 Å². The molecule has 1 amide bonds. The van der Waals surface area contributed by atoms with Gasteiger partial charge in [0.15, 0.2) is 0 Å². The molecule has 1 heterocycles. The van der Waals surface area contributed by atoms with Gasteiger partial charge in [-0.3, -0.25) is 4.79 Å². The molecule has 1 aliphatic rings. The van der Waals surface area contributed by atoms with E-state index < -0.39 is 5.91 Å². The summed E-state index contributed by atoms with van der Waals surface area (Å²) in [6, 6.07) is 3.50. The Morgan fingerprint density at radius 3 is 2.75 bits per heavy atom. The van der Waals surface area contributed by atoms with Crippen LogP contribution in [-0.4, -0.2) is 17.4 Å². The number of carbonyl (C=O) groups is 1. The predicted octanol–water partition coefficient (Wildman–Crippen LogP) is 1.78. The van der Waals surface area contributed by atoms with Gasteiger partial charge < -0.3 is 11.1 Å². The van der Waals surface area contributed by atoms with E-state index in [0.29, 0.717) is 11.0 Å². The number of anilines is 1. The van der Waals surface area contributed by atoms with Crippen molar-refractivity contribution in [2.24, 2.45) is 11.1 Å². The van der Waals surface area contributed by atoms with Crippen molar-refractivity contribution in [3.05, 3.63) is 23.9 Å². The Balaban J connectivity index is 1.93. The molecule has 4 heteroatoms. The average molecular weight is 219 g/mol. The van der Waals surface area contributed by atoms with Gasteiger partial charge in [-0.05, 0) is 36.8 Å². The fourth-order valence-electron chi connectivity index (χ4n) is 1.75. The lowest BCUT2D eigenvalue weighted by molar-refractivity contribution is 0.1000. The van der Waals surface area contributed by atoms with Crippen molar-refractivity contribution in [1.82, 2.24) is 4.98 Å². The van der Waals surface area contributed by atoms with Gasteiger partial charge in [-0.1, -0.05) is 6.92 Å². The summed E-state index contributed by atoms with van der Waals surface area (Å²) in [5.41, 5.74) is 6.08. The number of nitrogens with zero attached hydrogens (tertiary/aromatic N) is 1. The van der Waals surface area contributed by atoms with E-state index in [9.17, 15) is 4.79 Å². The minimum absolute atomic E-state index is 0.439. The number of pyridine rings is 1. The van der Waals surface area contributed by atoms with Crippen LogP contribution in [0, 0.1) is 5.41 Å². The maximum atomic E-state index is 10.8. The highest BCUT2D eigenvalue weighted by Crippen LogP contribution is 2.48. The van der Waals surface area contributed by atoms with Gasteiger partial charge in [0.1, 0.15) is 5.82 Å². The fraction of sp³-hybridized carbons (Fsp3) is 0.500. The third-order valence-corrected chi connectivity index (χ3v) is 3.40. The molecule has 0 bridgehead atoms. The molecule has 0 aromatic carbocycles. The van der Waals surface area contributed by atoms with Crippen molar-refractivity contribution in [1.29, 1.82) is 0 Å². The van der Waals surface area contributed by atoms with E-state index in [0.717, 1.165) is 12.4 Å². The van der Waals surface area contributed by atoms with Crippen LogP contribution >= 0.6 is 0 Å². The smallest absolute Gasteiger partial charge is 0.250 e. The quantitative estimate of drug-likeness (QED) is 0.793. The first-order chi connectivity index (χ1) is 7.65. The first-order valence-electron chi connectivity index (χ1n) is 5.65. The number of amides is 1. The lowest BCUT2D eigenvalue weighted by Gasteiger charge is -2.13. The molecule has 0 spiro atoms. The third kappa shape index (κ3) is 2.32. The number of nitrogens with two attached hydrogens (primary N) is 1. The molecule has 86 valence electrons. The molecule has 0 unspecified atom stereocenters. The number of rotatable bonds is 5. The summed E-state index contributed by atoms with van der Waals surface area (Å²) in [5.74, 6) is 0.371. The van der Waals surface area contributed by atoms with Gasteiger partial charge in [0.25, 0.3) is 0 Å². The lowest BCUT2D eigenvalue weighted by Crippen LogP contribution is -2.16. The van der Waals surface area contributed by atoms with E-state index in [1.54, 1.807) is 12.1 Å². The van der Waals surface area contributed by atoms with Crippen molar-refractivity contribution in [3.8, 4) is 0 Å². The summed E-state index contributed by atoms with van der Waals surface area (Å²) in [7, 11) is 0. The molecule has 0 saturated heterocycles. The van der Waals surface area contributed by atoms with Gasteiger partial charge in [0, 0.05) is 12.7 Å². The Morgan fingerprint density at radius 2 is 2.31 bits per heavy atom. The van der Waals surface area contributed by atoms with Gasteiger partial charge in [0.2, 0.25) is 5.91 Å². The standard InChI is InChI=1S/C12H17N3O/c1-2-12(5-6-12)8-15-10-4-3-9(7-14-10)11(13)16/h3-4,7H,2,5-6,8H2,1H3,(H2,13,16)(H,14,15). The van der Waals surface area contributed by atoms with Gasteiger partial charge >= 0.3 is 0 Å². The number of aromatic nitrogens is 1. The molecule has 0 atom stereocenters. The highest BCUT2D eigenvalue weighted by molar-refractivity contribution is 5.92. The maximum absolute atomic E-state index is 10.8. The number of hydrogen-bond donors (Lipinski definition) is 2. The van der Waals surface area contributed by atoms with E-state index in [2.05, 4.69) is 17.2 Å². The highest BCUT2D eigenvalue weighted by atomic mass is 16.1. The molecular weight excluding hydrogens is 202 g/mol. The van der Waals surface area contributed by atoms with Crippen molar-refractivity contribution >= 4 is 11.7 Å². The zero-order chi connectivity index (χ0) is 11.6. The summed E-state index contributed by atoms with van der Waals surface area (Å²) >= 11 is 0. The number of primary amides is 1. The van der Waals surface area contributed by atoms with Crippen molar-refractivity contribution in [3.63, 3.8) is 0 Å². The van der Waals surface area contributed by atoms with E-state index in [-0.39, 0.29) is 0 Å². The molecule has 0 aliphatic heterocycles. The van der Waals surface area contributed by atoms with Gasteiger partial charge in [-0.15, -0.1) is 0 Å². The van der Waals surface area contributed by atoms with Crippen LogP contribution in [0.2, 0.25) is 0 Å². The summed E-state index contributed by atoms with van der Waals surface area (Å²) in [4.78, 5) is 15.0. The summed E-state index contributed by atoms with van der Waals surface area (Å²) < 4.78 is 0. The lowest BCUT2D eigenvalue weighted by atomic mass is 10.0. The third-order valence-electron chi connectivity index (χ3n) is 3.40. The number of nitrogens with one attached hydrogen (secondary N) is 1. The molecule has 2 rings (SSSR count). The molecular formula is C12H17N3O. The molecule has 4 nitrogen and oxygen atoms in total. The predicted molar refractivity (Wildman–Crippen MR) is 63.2 cm³/mol. The van der Waals surface area contributed by atoms with E-state index >= 15 is 0 Å². The molecule has 1 fully saturated rings. The molecule has 1 aliphatic carbocycles. The van der Waals surface area contributed by atoms with Crippen LogP contribution in [0.3, 0.4) is 0 Å². The largest absolute Gasteiger partial charge is 0.370 e. The zero-order valence-corrected chi connectivity index (χ0v) is 9.49. The van der Waals surface area contributed by atoms with Crippen LogP contribution in [0.15, 0.2) is 18.3 Å². The normalized spacial score (nSPS) is 16.8. The first-order valence-corrected chi connectivity index (χ1v) is 5.65. The van der Waals surface area contributed by atoms with Crippen LogP contribution in [-0.2, 0) is 0 Å². The Hall–Kier alpha value is -1.58. The Labute approximate surface area is 95.3 Å². The molecule has 3 N–H and O–H groups in total. The molecule has 1 aromatic heterocycles. The highest BCUT2D eigenvalue weighted by Gasteiger charge is 2.40. The Bertz CT molecular complexity index is 382. The second-order valence-electron chi connectivity index (χ2n) is 4.50. The molecule has 1 saturated carbocycles. The molecule has 16 heavy (non-hydrogen) atoms. The van der Waals surface area contributed by atoms with E-state index in [1.165, 1.54) is 25.5 Å². The fourth-order valence-corrected chi connectivity index (χ4v) is 1.75. The van der Waals surface area contributed by atoms with Crippen LogP contribution in [0.4, 0.5) is 5.82 Å². The van der Waals surface area contributed by atoms with Crippen LogP contribution in [0.5, 0.6) is 0 Å². The summed E-state index contributed by atoms with van der Waals surface area (Å²) in [6.45, 7) is 3.19. The van der Waals surface area contributed by atoms with Crippen LogP contribution < -0.4 is 11.1 Å². The molecule has 0 radical (unpaired) electrons. The summed E-state index contributed by atoms with van der Waals surface area (Å²) in [5, 5.41) is 3.30. The van der Waals surface area contributed by atoms with Crippen molar-refractivity contribution in [2.45, 2.75) is 26.2 Å². The van der Waals surface area contributed by atoms with E-state index in [1.807, 2.05) is 0 Å². The van der Waals surface area contributed by atoms with E-state index in [4.69, 9.17) is 5.73 Å². The zero-order valence-electron chi connectivity index (χ0n) is 9.49. The number of carbonyl (C=O) groups excluding carboxylic acids is 1. The summed E-state index contributed by atoms with van der Waals surface area (Å²) in [6.07, 6.45) is 5.32. The van der Waals surface area contributed by atoms with Crippen LogP contribution in [0.1, 0.15) is 36.5 Å². The Morgan fingerprint density at radius 1 is 1.56 bits per heavy atom. The maximum Gasteiger partial charge on any atom is 0.250 e. The van der Waals surface area contributed by atoms with Gasteiger partial charge in [0.05, 0.1) is 5.56 Å². The van der Waals surface area contributed by atoms with Gasteiger partial charge in [-0.25, -0.2) is 4.98 Å². The topological polar surface area (TPSA) is 68.0 Å². The van der Waals surface area contributed by atoms with Crippen molar-refractivity contribution < 1.29 is 4.79 Å². The molecule has 1 aromatic rings. The average Bonchev–Trinajstić information content (AvgIpc) is 3.08. The number of hydrogen-bond acceptors (Lipinski definition) is 3. The van der Waals surface area contributed by atoms with Crippen molar-refractivity contribution in [2.75, 3.05) is 11.9 Å². The minimum Gasteiger partial charge on any atom is -0.370 e. The minimum atomic E-state index is -0.439. The first kappa shape index (κ1) is 10.9.